The molecule has 0 aliphatic carbocycles. The first-order valence-corrected chi connectivity index (χ1v) is 7.95. The number of benzene rings is 1. The van der Waals surface area contributed by atoms with Crippen LogP contribution < -0.4 is 10.9 Å². The third kappa shape index (κ3) is 3.76. The Balaban J connectivity index is 1.65. The van der Waals surface area contributed by atoms with Crippen LogP contribution in [0.15, 0.2) is 47.4 Å². The fourth-order valence-corrected chi connectivity index (χ4v) is 2.86. The molecule has 0 aliphatic heterocycles. The number of nitrogens with one attached hydrogen (secondary N) is 3. The molecule has 1 aromatic carbocycles. The van der Waals surface area contributed by atoms with Crippen LogP contribution >= 0.6 is 0 Å². The Labute approximate surface area is 142 Å². The maximum absolute atomic E-state index is 12.6. The molecule has 0 spiro atoms. The summed E-state index contributed by atoms with van der Waals surface area (Å²) in [6, 6.07) is 9.73. The molecule has 3 N–H and O–H groups in total. The van der Waals surface area contributed by atoms with Crippen molar-refractivity contribution in [2.24, 2.45) is 0 Å². The highest BCUT2D eigenvalue weighted by Gasteiger charge is 2.32. The average Bonchev–Trinajstić information content (AvgIpc) is 2.97. The lowest BCUT2D eigenvalue weighted by Gasteiger charge is -2.14. The smallest absolute Gasteiger partial charge is 0.361 e. The molecule has 0 saturated carbocycles. The van der Waals surface area contributed by atoms with Gasteiger partial charge in [0.25, 0.3) is 5.56 Å². The van der Waals surface area contributed by atoms with Crippen LogP contribution in [0.25, 0.3) is 10.9 Å². The van der Waals surface area contributed by atoms with Crippen LogP contribution in [0, 0.1) is 0 Å². The number of aromatic nitrogens is 2. The Bertz CT molecular complexity index is 927. The number of hydrogen-bond acceptors (Lipinski definition) is 2. The van der Waals surface area contributed by atoms with Gasteiger partial charge in [0.15, 0.2) is 0 Å². The first-order chi connectivity index (χ1) is 11.9. The second kappa shape index (κ2) is 6.76. The van der Waals surface area contributed by atoms with E-state index in [1.165, 1.54) is 6.07 Å². The van der Waals surface area contributed by atoms with E-state index in [1.54, 1.807) is 6.92 Å². The van der Waals surface area contributed by atoms with Crippen molar-refractivity contribution in [2.75, 3.05) is 6.54 Å². The lowest BCUT2D eigenvalue weighted by atomic mass is 10.1. The molecule has 2 aromatic heterocycles. The zero-order chi connectivity index (χ0) is 18.0. The molecule has 0 amide bonds. The summed E-state index contributed by atoms with van der Waals surface area (Å²) in [7, 11) is 0. The number of para-hydroxylation sites is 1. The minimum absolute atomic E-state index is 0.284. The van der Waals surface area contributed by atoms with E-state index in [0.29, 0.717) is 6.54 Å². The van der Waals surface area contributed by atoms with Crippen LogP contribution in [0.5, 0.6) is 0 Å². The second-order valence-corrected chi connectivity index (χ2v) is 5.94. The highest BCUT2D eigenvalue weighted by molar-refractivity contribution is 5.83. The molecule has 0 radical (unpaired) electrons. The third-order valence-electron chi connectivity index (χ3n) is 4.23. The van der Waals surface area contributed by atoms with Gasteiger partial charge >= 0.3 is 6.18 Å². The van der Waals surface area contributed by atoms with Crippen LogP contribution in [0.3, 0.4) is 0 Å². The maximum atomic E-state index is 12.6. The zero-order valence-electron chi connectivity index (χ0n) is 13.6. The Morgan fingerprint density at radius 3 is 2.64 bits per heavy atom. The van der Waals surface area contributed by atoms with Gasteiger partial charge in [-0.3, -0.25) is 4.79 Å². The predicted molar refractivity (Wildman–Crippen MR) is 90.5 cm³/mol. The lowest BCUT2D eigenvalue weighted by molar-refractivity contribution is -0.141. The van der Waals surface area contributed by atoms with Crippen LogP contribution in [0.1, 0.15) is 29.8 Å². The molecule has 25 heavy (non-hydrogen) atoms. The fourth-order valence-electron chi connectivity index (χ4n) is 2.86. The first-order valence-electron chi connectivity index (χ1n) is 7.95. The van der Waals surface area contributed by atoms with Gasteiger partial charge in [-0.2, -0.15) is 13.2 Å². The summed E-state index contributed by atoms with van der Waals surface area (Å²) in [5, 5.41) is 4.33. The van der Waals surface area contributed by atoms with E-state index in [-0.39, 0.29) is 11.6 Å². The molecule has 132 valence electrons. The van der Waals surface area contributed by atoms with Crippen molar-refractivity contribution in [1.29, 1.82) is 0 Å². The molecule has 2 heterocycles. The number of H-pyrrole nitrogens is 2. The number of fused-ring (bicyclic) bond motifs is 1. The van der Waals surface area contributed by atoms with Crippen molar-refractivity contribution in [3.63, 3.8) is 0 Å². The summed E-state index contributed by atoms with van der Waals surface area (Å²) in [6.45, 7) is 2.36. The Kier molecular flexibility index (Phi) is 4.67. The van der Waals surface area contributed by atoms with E-state index in [2.05, 4.69) is 10.3 Å². The van der Waals surface area contributed by atoms with E-state index in [1.807, 2.05) is 35.4 Å². The molecule has 0 unspecified atom stereocenters. The first kappa shape index (κ1) is 17.3. The van der Waals surface area contributed by atoms with Crippen molar-refractivity contribution in [1.82, 2.24) is 15.3 Å². The van der Waals surface area contributed by atoms with Gasteiger partial charge in [0.1, 0.15) is 5.69 Å². The summed E-state index contributed by atoms with van der Waals surface area (Å²) >= 11 is 0. The SMILES string of the molecule is C[C@H](NCCc1c[nH]c2ccccc12)c1ccc(C(F)(F)F)[nH]c1=O. The number of rotatable bonds is 5. The highest BCUT2D eigenvalue weighted by Crippen LogP contribution is 2.27. The van der Waals surface area contributed by atoms with Crippen LogP contribution in [-0.2, 0) is 12.6 Å². The van der Waals surface area contributed by atoms with Gasteiger partial charge in [-0.15, -0.1) is 0 Å². The average molecular weight is 349 g/mol. The van der Waals surface area contributed by atoms with Gasteiger partial charge < -0.3 is 15.3 Å². The zero-order valence-corrected chi connectivity index (χ0v) is 13.6. The highest BCUT2D eigenvalue weighted by atomic mass is 19.4. The van der Waals surface area contributed by atoms with Crippen molar-refractivity contribution in [3.8, 4) is 0 Å². The standard InChI is InChI=1S/C18H18F3N3O/c1-11(13-6-7-16(18(19,20)21)24-17(13)25)22-9-8-12-10-23-15-5-3-2-4-14(12)15/h2-7,10-11,22-23H,8-9H2,1H3,(H,24,25)/t11-/m0/s1. The van der Waals surface area contributed by atoms with E-state index < -0.39 is 17.4 Å². The van der Waals surface area contributed by atoms with E-state index in [4.69, 9.17) is 0 Å². The minimum Gasteiger partial charge on any atom is -0.361 e. The number of alkyl halides is 3. The van der Waals surface area contributed by atoms with Crippen LogP contribution in [0.2, 0.25) is 0 Å². The number of halogens is 3. The lowest BCUT2D eigenvalue weighted by Crippen LogP contribution is -2.28. The van der Waals surface area contributed by atoms with Crippen molar-refractivity contribution >= 4 is 10.9 Å². The molecule has 0 fully saturated rings. The van der Waals surface area contributed by atoms with Gasteiger partial charge in [-0.1, -0.05) is 18.2 Å². The predicted octanol–water partition coefficient (Wildman–Crippen LogP) is 3.77. The molecule has 1 atom stereocenters. The van der Waals surface area contributed by atoms with E-state index in [9.17, 15) is 18.0 Å². The van der Waals surface area contributed by atoms with Gasteiger partial charge in [0.05, 0.1) is 0 Å². The molecule has 4 nitrogen and oxygen atoms in total. The third-order valence-corrected chi connectivity index (χ3v) is 4.23. The monoisotopic (exact) mass is 349 g/mol. The van der Waals surface area contributed by atoms with Gasteiger partial charge in [-0.05, 0) is 43.7 Å². The Hall–Kier alpha value is -2.54. The quantitative estimate of drug-likeness (QED) is 0.657. The summed E-state index contributed by atoms with van der Waals surface area (Å²) in [5.41, 5.74) is 0.738. The molecule has 3 aromatic rings. The van der Waals surface area contributed by atoms with Crippen LogP contribution in [0.4, 0.5) is 13.2 Å². The van der Waals surface area contributed by atoms with Crippen molar-refractivity contribution in [2.45, 2.75) is 25.6 Å². The topological polar surface area (TPSA) is 60.7 Å². The second-order valence-electron chi connectivity index (χ2n) is 5.94. The molecule has 0 aliphatic rings. The normalized spacial score (nSPS) is 13.3. The largest absolute Gasteiger partial charge is 0.431 e. The molecule has 0 bridgehead atoms. The Morgan fingerprint density at radius 2 is 1.92 bits per heavy atom. The fraction of sp³-hybridized carbons (Fsp3) is 0.278. The molecule has 0 saturated heterocycles. The summed E-state index contributed by atoms with van der Waals surface area (Å²) in [5.74, 6) is 0. The van der Waals surface area contributed by atoms with Crippen molar-refractivity contribution < 1.29 is 13.2 Å². The molecular formula is C18H18F3N3O. The molecular weight excluding hydrogens is 331 g/mol. The van der Waals surface area contributed by atoms with Gasteiger partial charge in [-0.25, -0.2) is 0 Å². The minimum atomic E-state index is -4.55. The van der Waals surface area contributed by atoms with Crippen molar-refractivity contribution in [3.05, 3.63) is 69.8 Å². The summed E-state index contributed by atoms with van der Waals surface area (Å²) in [4.78, 5) is 17.0. The number of hydrogen-bond donors (Lipinski definition) is 3. The number of pyridine rings is 1. The van der Waals surface area contributed by atoms with E-state index in [0.717, 1.165) is 29.0 Å². The van der Waals surface area contributed by atoms with Crippen LogP contribution in [-0.4, -0.2) is 16.5 Å². The van der Waals surface area contributed by atoms with Gasteiger partial charge in [0.2, 0.25) is 0 Å². The Morgan fingerprint density at radius 1 is 1.16 bits per heavy atom. The van der Waals surface area contributed by atoms with E-state index >= 15 is 0 Å². The molecule has 7 heteroatoms. The maximum Gasteiger partial charge on any atom is 0.431 e. The van der Waals surface area contributed by atoms with Gasteiger partial charge in [0, 0.05) is 28.7 Å². The number of aromatic amines is 2. The molecule has 3 rings (SSSR count). The summed E-state index contributed by atoms with van der Waals surface area (Å²) < 4.78 is 37.8. The summed E-state index contributed by atoms with van der Waals surface area (Å²) in [6.07, 6.45) is -1.86.